The van der Waals surface area contributed by atoms with Crippen molar-refractivity contribution in [2.24, 2.45) is 5.84 Å². The molecular formula is C9H14N4O4S. The molecule has 1 aromatic heterocycles. The van der Waals surface area contributed by atoms with Crippen LogP contribution in [0.1, 0.15) is 0 Å². The number of aromatic nitrogens is 1. The molecule has 1 saturated heterocycles. The normalized spacial score (nSPS) is 25.3. The van der Waals surface area contributed by atoms with E-state index >= 15 is 0 Å². The van der Waals surface area contributed by atoms with Crippen LogP contribution in [0.25, 0.3) is 0 Å². The van der Waals surface area contributed by atoms with E-state index in [-0.39, 0.29) is 23.8 Å². The third-order valence-corrected chi connectivity index (χ3v) is 4.57. The van der Waals surface area contributed by atoms with E-state index in [1.54, 1.807) is 0 Å². The van der Waals surface area contributed by atoms with E-state index in [0.717, 1.165) is 4.31 Å². The zero-order chi connectivity index (χ0) is 13.3. The van der Waals surface area contributed by atoms with Crippen LogP contribution in [0.3, 0.4) is 0 Å². The Morgan fingerprint density at radius 3 is 2.56 bits per heavy atom. The molecule has 0 amide bonds. The van der Waals surface area contributed by atoms with Gasteiger partial charge in [-0.05, 0) is 6.07 Å². The van der Waals surface area contributed by atoms with Crippen LogP contribution in [0.15, 0.2) is 23.2 Å². The summed E-state index contributed by atoms with van der Waals surface area (Å²) < 4.78 is 25.4. The van der Waals surface area contributed by atoms with Gasteiger partial charge in [-0.3, -0.25) is 0 Å². The number of aliphatic hydroxyl groups excluding tert-OH is 2. The first-order valence-corrected chi connectivity index (χ1v) is 6.68. The third-order valence-electron chi connectivity index (χ3n) is 2.74. The van der Waals surface area contributed by atoms with Crippen LogP contribution >= 0.6 is 0 Å². The van der Waals surface area contributed by atoms with Gasteiger partial charge in [0, 0.05) is 25.4 Å². The maximum atomic E-state index is 12.2. The van der Waals surface area contributed by atoms with Gasteiger partial charge in [-0.25, -0.2) is 19.2 Å². The molecule has 0 radical (unpaired) electrons. The van der Waals surface area contributed by atoms with Gasteiger partial charge in [-0.15, -0.1) is 0 Å². The van der Waals surface area contributed by atoms with E-state index in [1.165, 1.54) is 18.3 Å². The predicted octanol–water partition coefficient (Wildman–Crippen LogP) is -1.91. The highest BCUT2D eigenvalue weighted by Gasteiger charge is 2.37. The lowest BCUT2D eigenvalue weighted by Gasteiger charge is -2.15. The first-order chi connectivity index (χ1) is 8.45. The Kier molecular flexibility index (Phi) is 3.50. The average Bonchev–Trinajstić information content (AvgIpc) is 2.70. The van der Waals surface area contributed by atoms with Gasteiger partial charge in [-0.1, -0.05) is 0 Å². The Morgan fingerprint density at radius 1 is 1.39 bits per heavy atom. The van der Waals surface area contributed by atoms with Crippen LogP contribution in [0, 0.1) is 0 Å². The fourth-order valence-electron chi connectivity index (χ4n) is 1.73. The molecule has 2 rings (SSSR count). The van der Waals surface area contributed by atoms with Crippen LogP contribution < -0.4 is 11.3 Å². The van der Waals surface area contributed by atoms with Crippen molar-refractivity contribution in [1.82, 2.24) is 9.29 Å². The number of hydrazine groups is 1. The highest BCUT2D eigenvalue weighted by atomic mass is 32.2. The highest BCUT2D eigenvalue weighted by Crippen LogP contribution is 2.22. The SMILES string of the molecule is NNc1cc(S(=O)(=O)N2CC(O)C(O)C2)ccn1. The van der Waals surface area contributed by atoms with Gasteiger partial charge in [0.05, 0.1) is 17.1 Å². The molecule has 9 heteroatoms. The molecule has 5 N–H and O–H groups in total. The van der Waals surface area contributed by atoms with Gasteiger partial charge < -0.3 is 15.6 Å². The minimum absolute atomic E-state index is 0.00625. The zero-order valence-corrected chi connectivity index (χ0v) is 10.2. The van der Waals surface area contributed by atoms with Gasteiger partial charge in [-0.2, -0.15) is 4.31 Å². The maximum absolute atomic E-state index is 12.2. The second kappa shape index (κ2) is 4.78. The molecule has 2 unspecified atom stereocenters. The standard InChI is InChI=1S/C9H14N4O4S/c10-12-9-3-6(1-2-11-9)18(16,17)13-4-7(14)8(15)5-13/h1-3,7-8,14-15H,4-5,10H2,(H,11,12). The summed E-state index contributed by atoms with van der Waals surface area (Å²) in [6, 6.07) is 2.61. The van der Waals surface area contributed by atoms with Crippen LogP contribution in [-0.2, 0) is 10.0 Å². The molecule has 1 aliphatic rings. The number of pyridine rings is 1. The first-order valence-electron chi connectivity index (χ1n) is 5.24. The lowest BCUT2D eigenvalue weighted by atomic mass is 10.3. The molecule has 0 saturated carbocycles. The number of rotatable bonds is 3. The van der Waals surface area contributed by atoms with Gasteiger partial charge in [0.1, 0.15) is 5.82 Å². The van der Waals surface area contributed by atoms with Crippen molar-refractivity contribution in [2.45, 2.75) is 17.1 Å². The van der Waals surface area contributed by atoms with Crippen LogP contribution in [0.4, 0.5) is 5.82 Å². The summed E-state index contributed by atoms with van der Waals surface area (Å²) in [5, 5.41) is 18.8. The number of nitrogens with zero attached hydrogens (tertiary/aromatic N) is 2. The van der Waals surface area contributed by atoms with Crippen molar-refractivity contribution in [3.63, 3.8) is 0 Å². The van der Waals surface area contributed by atoms with E-state index in [4.69, 9.17) is 5.84 Å². The predicted molar refractivity (Wildman–Crippen MR) is 62.8 cm³/mol. The summed E-state index contributed by atoms with van der Waals surface area (Å²) in [4.78, 5) is 3.82. The summed E-state index contributed by atoms with van der Waals surface area (Å²) in [7, 11) is -3.76. The van der Waals surface area contributed by atoms with Crippen molar-refractivity contribution < 1.29 is 18.6 Å². The highest BCUT2D eigenvalue weighted by molar-refractivity contribution is 7.89. The van der Waals surface area contributed by atoms with Crippen molar-refractivity contribution >= 4 is 15.8 Å². The van der Waals surface area contributed by atoms with Crippen molar-refractivity contribution in [1.29, 1.82) is 0 Å². The monoisotopic (exact) mass is 274 g/mol. The Balaban J connectivity index is 2.31. The van der Waals surface area contributed by atoms with E-state index in [0.29, 0.717) is 0 Å². The number of nitrogens with two attached hydrogens (primary N) is 1. The molecule has 8 nitrogen and oxygen atoms in total. The molecule has 0 aromatic carbocycles. The second-order valence-corrected chi connectivity index (χ2v) is 5.92. The van der Waals surface area contributed by atoms with Crippen molar-refractivity contribution in [3.8, 4) is 0 Å². The number of nitrogens with one attached hydrogen (secondary N) is 1. The summed E-state index contributed by atoms with van der Waals surface area (Å²) in [5.74, 6) is 5.38. The Hall–Kier alpha value is -1.26. The smallest absolute Gasteiger partial charge is 0.243 e. The first kappa shape index (κ1) is 13.2. The Bertz CT molecular complexity index is 525. The molecule has 0 aliphatic carbocycles. The van der Waals surface area contributed by atoms with E-state index in [9.17, 15) is 18.6 Å². The summed E-state index contributed by atoms with van der Waals surface area (Å²) in [6.07, 6.45) is -0.812. The fraction of sp³-hybridized carbons (Fsp3) is 0.444. The summed E-state index contributed by atoms with van der Waals surface area (Å²) in [5.41, 5.74) is 2.25. The summed E-state index contributed by atoms with van der Waals surface area (Å²) in [6.45, 7) is -0.256. The molecule has 1 aromatic rings. The molecule has 0 bridgehead atoms. The maximum Gasteiger partial charge on any atom is 0.243 e. The molecule has 2 heterocycles. The second-order valence-electron chi connectivity index (χ2n) is 3.98. The topological polar surface area (TPSA) is 129 Å². The van der Waals surface area contributed by atoms with E-state index in [1.807, 2.05) is 0 Å². The molecule has 0 spiro atoms. The lowest BCUT2D eigenvalue weighted by Crippen LogP contribution is -2.30. The van der Waals surface area contributed by atoms with Gasteiger partial charge >= 0.3 is 0 Å². The number of anilines is 1. The number of hydrogen-bond acceptors (Lipinski definition) is 7. The number of aliphatic hydroxyl groups is 2. The van der Waals surface area contributed by atoms with Crippen LogP contribution in [0.5, 0.6) is 0 Å². The number of sulfonamides is 1. The molecular weight excluding hydrogens is 260 g/mol. The van der Waals surface area contributed by atoms with E-state index in [2.05, 4.69) is 10.4 Å². The van der Waals surface area contributed by atoms with Gasteiger partial charge in [0.15, 0.2) is 0 Å². The summed E-state index contributed by atoms with van der Waals surface area (Å²) >= 11 is 0. The number of nitrogen functional groups attached to an aromatic ring is 1. The molecule has 18 heavy (non-hydrogen) atoms. The van der Waals surface area contributed by atoms with Gasteiger partial charge in [0.2, 0.25) is 10.0 Å². The third kappa shape index (κ3) is 2.31. The largest absolute Gasteiger partial charge is 0.389 e. The molecule has 1 aliphatic heterocycles. The number of hydrogen-bond donors (Lipinski definition) is 4. The fourth-order valence-corrected chi connectivity index (χ4v) is 3.22. The van der Waals surface area contributed by atoms with Crippen LogP contribution in [0.2, 0.25) is 0 Å². The zero-order valence-electron chi connectivity index (χ0n) is 9.39. The molecule has 100 valence electrons. The number of β-amino-alcohol motifs (C(OH)–C–C–N with tert-alkyl or cyclic N) is 2. The lowest BCUT2D eigenvalue weighted by molar-refractivity contribution is 0.0572. The minimum atomic E-state index is -3.76. The quantitative estimate of drug-likeness (QED) is 0.374. The Morgan fingerprint density at radius 2 is 2.00 bits per heavy atom. The van der Waals surface area contributed by atoms with Crippen LogP contribution in [-0.4, -0.2) is 53.2 Å². The van der Waals surface area contributed by atoms with Crippen molar-refractivity contribution in [2.75, 3.05) is 18.5 Å². The minimum Gasteiger partial charge on any atom is -0.389 e. The van der Waals surface area contributed by atoms with E-state index < -0.39 is 22.2 Å². The molecule has 1 fully saturated rings. The van der Waals surface area contributed by atoms with Gasteiger partial charge in [0.25, 0.3) is 0 Å². The van der Waals surface area contributed by atoms with Crippen molar-refractivity contribution in [3.05, 3.63) is 18.3 Å². The molecule has 2 atom stereocenters. The Labute approximate surface area is 104 Å². The average molecular weight is 274 g/mol.